The molecule has 0 radical (unpaired) electrons. The van der Waals surface area contributed by atoms with E-state index >= 15 is 0 Å². The van der Waals surface area contributed by atoms with E-state index in [1.165, 1.54) is 18.9 Å². The maximum atomic E-state index is 11.9. The monoisotopic (exact) mass is 317 g/mol. The molecule has 20 heavy (non-hydrogen) atoms. The third kappa shape index (κ3) is 5.03. The van der Waals surface area contributed by atoms with Gasteiger partial charge in [0.05, 0.1) is 19.0 Å². The summed E-state index contributed by atoms with van der Waals surface area (Å²) in [6.07, 6.45) is 0. The van der Waals surface area contributed by atoms with Gasteiger partial charge in [-0.25, -0.2) is 4.79 Å². The number of rotatable bonds is 6. The summed E-state index contributed by atoms with van der Waals surface area (Å²) in [6, 6.07) is 6.04. The molecule has 0 aliphatic carbocycles. The lowest BCUT2D eigenvalue weighted by Crippen LogP contribution is -2.46. The maximum Gasteiger partial charge on any atom is 0.330 e. The molecule has 0 spiro atoms. The Morgan fingerprint density at radius 3 is 2.50 bits per heavy atom. The molecular weight excluding hydrogens is 302 g/mol. The first kappa shape index (κ1) is 16.8. The normalized spacial score (nSPS) is 13.4. The van der Waals surface area contributed by atoms with E-state index < -0.39 is 23.9 Å². The van der Waals surface area contributed by atoms with E-state index in [1.54, 1.807) is 31.2 Å². The van der Waals surface area contributed by atoms with Gasteiger partial charge in [0.2, 0.25) is 5.91 Å². The van der Waals surface area contributed by atoms with Gasteiger partial charge in [-0.05, 0) is 31.2 Å². The quantitative estimate of drug-likeness (QED) is 0.614. The SMILES string of the molecule is COC(=O)C(CO)NC(=O)C(C)Sc1ccc(Cl)cc1. The number of benzene rings is 1. The number of carbonyl (C=O) groups is 2. The fourth-order valence-electron chi connectivity index (χ4n) is 1.38. The molecule has 1 aromatic rings. The molecule has 0 aliphatic heterocycles. The molecule has 0 fully saturated rings. The van der Waals surface area contributed by atoms with Crippen molar-refractivity contribution in [3.05, 3.63) is 29.3 Å². The van der Waals surface area contributed by atoms with Crippen molar-refractivity contribution < 1.29 is 19.4 Å². The summed E-state index contributed by atoms with van der Waals surface area (Å²) in [5, 5.41) is 11.7. The highest BCUT2D eigenvalue weighted by atomic mass is 35.5. The molecule has 2 N–H and O–H groups in total. The Labute approximate surface area is 126 Å². The van der Waals surface area contributed by atoms with Crippen LogP contribution >= 0.6 is 23.4 Å². The number of aliphatic hydroxyl groups excluding tert-OH is 1. The van der Waals surface area contributed by atoms with Crippen molar-refractivity contribution in [2.24, 2.45) is 0 Å². The third-order valence-corrected chi connectivity index (χ3v) is 3.84. The number of esters is 1. The predicted molar refractivity (Wildman–Crippen MR) is 77.8 cm³/mol. The molecule has 0 aromatic heterocycles. The maximum absolute atomic E-state index is 11.9. The van der Waals surface area contributed by atoms with E-state index in [-0.39, 0.29) is 5.91 Å². The van der Waals surface area contributed by atoms with E-state index in [2.05, 4.69) is 10.1 Å². The van der Waals surface area contributed by atoms with Gasteiger partial charge in [-0.1, -0.05) is 11.6 Å². The predicted octanol–water partition coefficient (Wildman–Crippen LogP) is 1.47. The van der Waals surface area contributed by atoms with Crippen molar-refractivity contribution in [2.45, 2.75) is 23.1 Å². The lowest BCUT2D eigenvalue weighted by Gasteiger charge is -2.17. The van der Waals surface area contributed by atoms with Crippen molar-refractivity contribution in [2.75, 3.05) is 13.7 Å². The Balaban J connectivity index is 2.58. The lowest BCUT2D eigenvalue weighted by atomic mass is 10.3. The molecule has 7 heteroatoms. The van der Waals surface area contributed by atoms with E-state index in [1.807, 2.05) is 0 Å². The number of halogens is 1. The van der Waals surface area contributed by atoms with Crippen molar-refractivity contribution in [1.29, 1.82) is 0 Å². The lowest BCUT2D eigenvalue weighted by molar-refractivity contribution is -0.146. The van der Waals surface area contributed by atoms with E-state index in [0.717, 1.165) is 4.90 Å². The van der Waals surface area contributed by atoms with Gasteiger partial charge in [0, 0.05) is 9.92 Å². The fourth-order valence-corrected chi connectivity index (χ4v) is 2.38. The number of thioether (sulfide) groups is 1. The van der Waals surface area contributed by atoms with Crippen LogP contribution in [0.15, 0.2) is 29.2 Å². The van der Waals surface area contributed by atoms with Gasteiger partial charge in [-0.3, -0.25) is 4.79 Å². The van der Waals surface area contributed by atoms with Crippen LogP contribution in [0.25, 0.3) is 0 Å². The van der Waals surface area contributed by atoms with E-state index in [9.17, 15) is 9.59 Å². The Bertz CT molecular complexity index is 466. The minimum absolute atomic E-state index is 0.352. The van der Waals surface area contributed by atoms with Gasteiger partial charge in [-0.15, -0.1) is 11.8 Å². The van der Waals surface area contributed by atoms with Crippen LogP contribution in [0.1, 0.15) is 6.92 Å². The minimum atomic E-state index is -1.04. The summed E-state index contributed by atoms with van der Waals surface area (Å²) in [7, 11) is 1.20. The smallest absolute Gasteiger partial charge is 0.330 e. The number of methoxy groups -OCH3 is 1. The summed E-state index contributed by atoms with van der Waals surface area (Å²) in [6.45, 7) is 1.21. The molecule has 110 valence electrons. The minimum Gasteiger partial charge on any atom is -0.467 e. The fraction of sp³-hybridized carbons (Fsp3) is 0.385. The van der Waals surface area contributed by atoms with Crippen molar-refractivity contribution in [3.8, 4) is 0 Å². The van der Waals surface area contributed by atoms with Gasteiger partial charge >= 0.3 is 5.97 Å². The van der Waals surface area contributed by atoms with Crippen molar-refractivity contribution >= 4 is 35.2 Å². The van der Waals surface area contributed by atoms with Crippen LogP contribution in [0.3, 0.4) is 0 Å². The average molecular weight is 318 g/mol. The van der Waals surface area contributed by atoms with Gasteiger partial charge in [0.15, 0.2) is 6.04 Å². The van der Waals surface area contributed by atoms with Crippen LogP contribution in [0.4, 0.5) is 0 Å². The first-order valence-electron chi connectivity index (χ1n) is 5.89. The average Bonchev–Trinajstić information content (AvgIpc) is 2.45. The number of nitrogens with one attached hydrogen (secondary N) is 1. The summed E-state index contributed by atoms with van der Waals surface area (Å²) in [5.74, 6) is -1.03. The number of hydrogen-bond acceptors (Lipinski definition) is 5. The highest BCUT2D eigenvalue weighted by molar-refractivity contribution is 8.00. The largest absolute Gasteiger partial charge is 0.467 e. The van der Waals surface area contributed by atoms with Crippen molar-refractivity contribution in [1.82, 2.24) is 5.32 Å². The second kappa shape index (κ2) is 8.14. The molecule has 0 aliphatic rings. The highest BCUT2D eigenvalue weighted by Crippen LogP contribution is 2.24. The molecule has 0 saturated carbocycles. The first-order valence-corrected chi connectivity index (χ1v) is 7.15. The molecule has 2 atom stereocenters. The van der Waals surface area contributed by atoms with Crippen LogP contribution < -0.4 is 5.32 Å². The molecule has 2 unspecified atom stereocenters. The summed E-state index contributed by atoms with van der Waals surface area (Å²) < 4.78 is 4.48. The molecule has 5 nitrogen and oxygen atoms in total. The number of ether oxygens (including phenoxy) is 1. The second-order valence-electron chi connectivity index (χ2n) is 3.98. The Kier molecular flexibility index (Phi) is 6.84. The van der Waals surface area contributed by atoms with E-state index in [0.29, 0.717) is 5.02 Å². The van der Waals surface area contributed by atoms with E-state index in [4.69, 9.17) is 16.7 Å². The second-order valence-corrected chi connectivity index (χ2v) is 5.83. The number of hydrogen-bond donors (Lipinski definition) is 2. The Hall–Kier alpha value is -1.24. The zero-order valence-electron chi connectivity index (χ0n) is 11.1. The van der Waals surface area contributed by atoms with Gasteiger partial charge < -0.3 is 15.2 Å². The molecule has 1 rings (SSSR count). The topological polar surface area (TPSA) is 75.6 Å². The molecular formula is C13H16ClNO4S. The Morgan fingerprint density at radius 2 is 2.00 bits per heavy atom. The summed E-state index contributed by atoms with van der Waals surface area (Å²) >= 11 is 7.11. The van der Waals surface area contributed by atoms with Gasteiger partial charge in [0.1, 0.15) is 0 Å². The molecule has 0 heterocycles. The van der Waals surface area contributed by atoms with Crippen LogP contribution in [0.5, 0.6) is 0 Å². The summed E-state index contributed by atoms with van der Waals surface area (Å²) in [4.78, 5) is 24.1. The van der Waals surface area contributed by atoms with Crippen LogP contribution in [0.2, 0.25) is 5.02 Å². The Morgan fingerprint density at radius 1 is 1.40 bits per heavy atom. The van der Waals surface area contributed by atoms with Crippen LogP contribution in [0, 0.1) is 0 Å². The van der Waals surface area contributed by atoms with Crippen molar-refractivity contribution in [3.63, 3.8) is 0 Å². The first-order chi connectivity index (χ1) is 9.47. The van der Waals surface area contributed by atoms with Crippen LogP contribution in [-0.2, 0) is 14.3 Å². The zero-order chi connectivity index (χ0) is 15.1. The standard InChI is InChI=1S/C13H16ClNO4S/c1-8(20-10-5-3-9(14)4-6-10)12(17)15-11(7-16)13(18)19-2/h3-6,8,11,16H,7H2,1-2H3,(H,15,17). The molecule has 1 aromatic carbocycles. The highest BCUT2D eigenvalue weighted by Gasteiger charge is 2.23. The zero-order valence-corrected chi connectivity index (χ0v) is 12.7. The van der Waals surface area contributed by atoms with Gasteiger partial charge in [0.25, 0.3) is 0 Å². The number of aliphatic hydroxyl groups is 1. The molecule has 0 saturated heterocycles. The third-order valence-electron chi connectivity index (χ3n) is 2.48. The molecule has 1 amide bonds. The number of carbonyl (C=O) groups excluding carboxylic acids is 2. The summed E-state index contributed by atoms with van der Waals surface area (Å²) in [5.41, 5.74) is 0. The van der Waals surface area contributed by atoms with Crippen LogP contribution in [-0.4, -0.2) is 42.0 Å². The number of amides is 1. The molecule has 0 bridgehead atoms. The van der Waals surface area contributed by atoms with Gasteiger partial charge in [-0.2, -0.15) is 0 Å².